The first-order valence-electron chi connectivity index (χ1n) is 10.7. The summed E-state index contributed by atoms with van der Waals surface area (Å²) in [6.45, 7) is 2.19. The number of hydrogen-bond acceptors (Lipinski definition) is 6. The second-order valence-electron chi connectivity index (χ2n) is 7.73. The third kappa shape index (κ3) is 6.08. The van der Waals surface area contributed by atoms with Crippen molar-refractivity contribution in [3.8, 4) is 5.75 Å². The third-order valence-corrected chi connectivity index (χ3v) is 7.27. The number of methoxy groups -OCH3 is 1. The Morgan fingerprint density at radius 1 is 1.03 bits per heavy atom. The predicted octanol–water partition coefficient (Wildman–Crippen LogP) is 3.58. The standard InChI is InChI=1S/C23H27FN2O6S/c1-16(22(27)25-19-10-8-18(24)9-11-19)32-23(28)17-7-12-20(31-2)21(15-17)33(29,30)26-13-5-3-4-6-14-26/h7-12,15-16H,3-6,13-14H2,1-2H3,(H,25,27)/t16-/m1/s1. The van der Waals surface area contributed by atoms with Gasteiger partial charge >= 0.3 is 5.97 Å². The van der Waals surface area contributed by atoms with Crippen LogP contribution in [0.4, 0.5) is 10.1 Å². The number of anilines is 1. The SMILES string of the molecule is COc1ccc(C(=O)O[C@H](C)C(=O)Nc2ccc(F)cc2)cc1S(=O)(=O)N1CCCCCC1. The first-order valence-corrected chi connectivity index (χ1v) is 12.1. The van der Waals surface area contributed by atoms with Crippen LogP contribution in [0.5, 0.6) is 5.75 Å². The molecule has 0 saturated carbocycles. The van der Waals surface area contributed by atoms with Crippen LogP contribution in [0.15, 0.2) is 47.4 Å². The van der Waals surface area contributed by atoms with Crippen LogP contribution in [0.2, 0.25) is 0 Å². The number of halogens is 1. The van der Waals surface area contributed by atoms with Gasteiger partial charge in [-0.3, -0.25) is 4.79 Å². The molecule has 0 aromatic heterocycles. The number of esters is 1. The molecule has 1 N–H and O–H groups in total. The van der Waals surface area contributed by atoms with Crippen LogP contribution in [-0.4, -0.2) is 50.9 Å². The van der Waals surface area contributed by atoms with Crippen LogP contribution >= 0.6 is 0 Å². The lowest BCUT2D eigenvalue weighted by molar-refractivity contribution is -0.123. The Hall–Kier alpha value is -2.98. The van der Waals surface area contributed by atoms with Gasteiger partial charge in [-0.1, -0.05) is 12.8 Å². The molecule has 1 saturated heterocycles. The quantitative estimate of drug-likeness (QED) is 0.611. The van der Waals surface area contributed by atoms with Crippen molar-refractivity contribution in [3.63, 3.8) is 0 Å². The van der Waals surface area contributed by atoms with Crippen molar-refractivity contribution >= 4 is 27.6 Å². The Bertz CT molecular complexity index is 1100. The Morgan fingerprint density at radius 3 is 2.27 bits per heavy atom. The normalized spacial score (nSPS) is 15.8. The van der Waals surface area contributed by atoms with Crippen molar-refractivity contribution in [2.45, 2.75) is 43.6 Å². The molecule has 0 unspecified atom stereocenters. The van der Waals surface area contributed by atoms with E-state index in [-0.39, 0.29) is 16.2 Å². The largest absolute Gasteiger partial charge is 0.495 e. The maximum atomic E-state index is 13.3. The molecule has 1 heterocycles. The van der Waals surface area contributed by atoms with Crippen LogP contribution in [0.3, 0.4) is 0 Å². The van der Waals surface area contributed by atoms with E-state index in [4.69, 9.17) is 9.47 Å². The van der Waals surface area contributed by atoms with E-state index in [9.17, 15) is 22.4 Å². The van der Waals surface area contributed by atoms with Gasteiger partial charge in [0.25, 0.3) is 5.91 Å². The second kappa shape index (κ2) is 10.8. The third-order valence-electron chi connectivity index (χ3n) is 5.35. The summed E-state index contributed by atoms with van der Waals surface area (Å²) in [4.78, 5) is 24.9. The molecule has 1 aliphatic rings. The highest BCUT2D eigenvalue weighted by Crippen LogP contribution is 2.29. The molecule has 0 aliphatic carbocycles. The number of nitrogens with zero attached hydrogens (tertiary/aromatic N) is 1. The monoisotopic (exact) mass is 478 g/mol. The zero-order valence-electron chi connectivity index (χ0n) is 18.5. The summed E-state index contributed by atoms with van der Waals surface area (Å²) in [5, 5.41) is 2.52. The number of ether oxygens (including phenoxy) is 2. The van der Waals surface area contributed by atoms with Gasteiger partial charge in [0.15, 0.2) is 6.10 Å². The Labute approximate surface area is 192 Å². The number of carbonyl (C=O) groups is 2. The van der Waals surface area contributed by atoms with Gasteiger partial charge < -0.3 is 14.8 Å². The minimum atomic E-state index is -3.88. The number of nitrogens with one attached hydrogen (secondary N) is 1. The molecule has 0 radical (unpaired) electrons. The van der Waals surface area contributed by atoms with Gasteiger partial charge in [-0.05, 0) is 62.2 Å². The lowest BCUT2D eigenvalue weighted by Gasteiger charge is -2.21. The van der Waals surface area contributed by atoms with Crippen LogP contribution in [0.25, 0.3) is 0 Å². The van der Waals surface area contributed by atoms with E-state index < -0.39 is 33.8 Å². The van der Waals surface area contributed by atoms with Gasteiger partial charge in [0.1, 0.15) is 16.5 Å². The highest BCUT2D eigenvalue weighted by molar-refractivity contribution is 7.89. The average Bonchev–Trinajstić information content (AvgIpc) is 3.10. The van der Waals surface area contributed by atoms with Crippen molar-refractivity contribution < 1.29 is 31.9 Å². The van der Waals surface area contributed by atoms with Gasteiger partial charge in [-0.2, -0.15) is 4.31 Å². The molecule has 0 bridgehead atoms. The predicted molar refractivity (Wildman–Crippen MR) is 120 cm³/mol. The second-order valence-corrected chi connectivity index (χ2v) is 9.63. The molecule has 0 spiro atoms. The van der Waals surface area contributed by atoms with Crippen molar-refractivity contribution in [3.05, 3.63) is 53.8 Å². The lowest BCUT2D eigenvalue weighted by atomic mass is 10.2. The van der Waals surface area contributed by atoms with E-state index in [0.29, 0.717) is 18.8 Å². The molecule has 1 atom stereocenters. The highest BCUT2D eigenvalue weighted by atomic mass is 32.2. The summed E-state index contributed by atoms with van der Waals surface area (Å²) in [6, 6.07) is 9.13. The molecule has 8 nitrogen and oxygen atoms in total. The molecule has 33 heavy (non-hydrogen) atoms. The van der Waals surface area contributed by atoms with Gasteiger partial charge in [0.05, 0.1) is 12.7 Å². The maximum Gasteiger partial charge on any atom is 0.338 e. The molecule has 10 heteroatoms. The molecule has 1 fully saturated rings. The molecule has 2 aromatic rings. The Morgan fingerprint density at radius 2 is 1.67 bits per heavy atom. The van der Waals surface area contributed by atoms with Crippen LogP contribution in [0.1, 0.15) is 43.0 Å². The first-order chi connectivity index (χ1) is 15.7. The average molecular weight is 479 g/mol. The van der Waals surface area contributed by atoms with Crippen molar-refractivity contribution in [1.29, 1.82) is 0 Å². The van der Waals surface area contributed by atoms with Crippen molar-refractivity contribution in [2.24, 2.45) is 0 Å². The number of sulfonamides is 1. The van der Waals surface area contributed by atoms with E-state index in [0.717, 1.165) is 25.7 Å². The van der Waals surface area contributed by atoms with Gasteiger partial charge in [0, 0.05) is 18.8 Å². The van der Waals surface area contributed by atoms with Crippen LogP contribution < -0.4 is 10.1 Å². The highest BCUT2D eigenvalue weighted by Gasteiger charge is 2.30. The van der Waals surface area contributed by atoms with Crippen molar-refractivity contribution in [2.75, 3.05) is 25.5 Å². The number of rotatable bonds is 7. The van der Waals surface area contributed by atoms with Gasteiger partial charge in [-0.15, -0.1) is 0 Å². The summed E-state index contributed by atoms with van der Waals surface area (Å²) in [6.07, 6.45) is 2.30. The molecular weight excluding hydrogens is 451 g/mol. The van der Waals surface area contributed by atoms with E-state index in [1.54, 1.807) is 0 Å². The fraction of sp³-hybridized carbons (Fsp3) is 0.391. The summed E-state index contributed by atoms with van der Waals surface area (Å²) >= 11 is 0. The Kier molecular flexibility index (Phi) is 8.04. The first kappa shape index (κ1) is 24.7. The summed E-state index contributed by atoms with van der Waals surface area (Å²) in [5.41, 5.74) is 0.324. The zero-order valence-corrected chi connectivity index (χ0v) is 19.4. The molecule has 2 aromatic carbocycles. The van der Waals surface area contributed by atoms with Crippen molar-refractivity contribution in [1.82, 2.24) is 4.31 Å². The fourth-order valence-corrected chi connectivity index (χ4v) is 5.18. The molecule has 1 aliphatic heterocycles. The maximum absolute atomic E-state index is 13.3. The molecule has 1 amide bonds. The summed E-state index contributed by atoms with van der Waals surface area (Å²) in [7, 11) is -2.52. The lowest BCUT2D eigenvalue weighted by Crippen LogP contribution is -2.32. The van der Waals surface area contributed by atoms with E-state index >= 15 is 0 Å². The van der Waals surface area contributed by atoms with Gasteiger partial charge in [-0.25, -0.2) is 17.6 Å². The van der Waals surface area contributed by atoms with E-state index in [1.165, 1.54) is 60.8 Å². The number of amides is 1. The zero-order chi connectivity index (χ0) is 24.0. The van der Waals surface area contributed by atoms with E-state index in [2.05, 4.69) is 5.32 Å². The molecule has 178 valence electrons. The summed E-state index contributed by atoms with van der Waals surface area (Å²) < 4.78 is 51.4. The number of hydrogen-bond donors (Lipinski definition) is 1. The van der Waals surface area contributed by atoms with Crippen LogP contribution in [0, 0.1) is 5.82 Å². The molecule has 3 rings (SSSR count). The van der Waals surface area contributed by atoms with Crippen LogP contribution in [-0.2, 0) is 19.6 Å². The van der Waals surface area contributed by atoms with Gasteiger partial charge in [0.2, 0.25) is 10.0 Å². The topological polar surface area (TPSA) is 102 Å². The smallest absolute Gasteiger partial charge is 0.338 e. The Balaban J connectivity index is 1.76. The van der Waals surface area contributed by atoms with E-state index in [1.807, 2.05) is 0 Å². The molecular formula is C23H27FN2O6S. The minimum absolute atomic E-state index is 0.0226. The fourth-order valence-electron chi connectivity index (χ4n) is 3.49. The number of carbonyl (C=O) groups excluding carboxylic acids is 2. The summed E-state index contributed by atoms with van der Waals surface area (Å²) in [5.74, 6) is -1.79. The number of benzene rings is 2. The minimum Gasteiger partial charge on any atom is -0.495 e.